The first-order valence-electron chi connectivity index (χ1n) is 9.97. The molecule has 0 N–H and O–H groups in total. The lowest BCUT2D eigenvalue weighted by atomic mass is 10.1. The number of rotatable bonds is 5. The van der Waals surface area contributed by atoms with Gasteiger partial charge in [0.1, 0.15) is 17.2 Å². The van der Waals surface area contributed by atoms with Crippen LogP contribution in [-0.4, -0.2) is 34.8 Å². The molecule has 2 aromatic heterocycles. The number of hydrogen-bond donors (Lipinski definition) is 0. The minimum absolute atomic E-state index is 0.0841. The van der Waals surface area contributed by atoms with E-state index in [4.69, 9.17) is 14.1 Å². The average Bonchev–Trinajstić information content (AvgIpc) is 3.39. The van der Waals surface area contributed by atoms with Gasteiger partial charge in [0, 0.05) is 19.7 Å². The average molecular weight is 408 g/mol. The molecule has 0 spiro atoms. The van der Waals surface area contributed by atoms with E-state index in [9.17, 15) is 9.18 Å². The highest BCUT2D eigenvalue weighted by Gasteiger charge is 2.33. The van der Waals surface area contributed by atoms with Crippen LogP contribution in [0.25, 0.3) is 22.0 Å². The van der Waals surface area contributed by atoms with E-state index in [1.807, 2.05) is 23.1 Å². The Morgan fingerprint density at radius 2 is 2.07 bits per heavy atom. The summed E-state index contributed by atoms with van der Waals surface area (Å²) >= 11 is 0. The molecular formula is C22H21FN4O3. The van der Waals surface area contributed by atoms with Crippen LogP contribution in [0.4, 0.5) is 10.4 Å². The molecule has 1 atom stereocenters. The smallest absolute Gasteiger partial charge is 0.299 e. The number of halogens is 1. The zero-order chi connectivity index (χ0) is 20.7. The van der Waals surface area contributed by atoms with Crippen molar-refractivity contribution in [2.24, 2.45) is 0 Å². The number of nitrogens with zero attached hydrogens (tertiary/aromatic N) is 4. The monoisotopic (exact) mass is 408 g/mol. The minimum Gasteiger partial charge on any atom is -0.423 e. The van der Waals surface area contributed by atoms with Gasteiger partial charge in [0.05, 0.1) is 30.1 Å². The first-order valence-corrected chi connectivity index (χ1v) is 9.97. The van der Waals surface area contributed by atoms with Gasteiger partial charge in [0.25, 0.3) is 11.6 Å². The Hall–Kier alpha value is -3.26. The molecule has 154 valence electrons. The molecule has 3 heterocycles. The molecule has 1 aliphatic rings. The van der Waals surface area contributed by atoms with Gasteiger partial charge in [-0.1, -0.05) is 12.1 Å². The number of methoxy groups -OCH3 is 1. The molecular weight excluding hydrogens is 387 g/mol. The van der Waals surface area contributed by atoms with E-state index in [0.717, 1.165) is 12.8 Å². The SMILES string of the molecule is COCCn1c(C2CCCN2c2nc3ccc(F)cc3o2)nc2ccccc2c1=O. The topological polar surface area (TPSA) is 73.4 Å². The zero-order valence-electron chi connectivity index (χ0n) is 16.5. The summed E-state index contributed by atoms with van der Waals surface area (Å²) in [4.78, 5) is 24.6. The molecule has 0 amide bonds. The van der Waals surface area contributed by atoms with E-state index in [-0.39, 0.29) is 17.4 Å². The summed E-state index contributed by atoms with van der Waals surface area (Å²) in [6, 6.07) is 11.9. The minimum atomic E-state index is -0.368. The lowest BCUT2D eigenvalue weighted by molar-refractivity contribution is 0.184. The zero-order valence-corrected chi connectivity index (χ0v) is 16.5. The number of hydrogen-bond acceptors (Lipinski definition) is 6. The molecule has 1 unspecified atom stereocenters. The largest absolute Gasteiger partial charge is 0.423 e. The summed E-state index contributed by atoms with van der Waals surface area (Å²) in [5.41, 5.74) is 1.58. The van der Waals surface area contributed by atoms with E-state index in [1.54, 1.807) is 23.8 Å². The van der Waals surface area contributed by atoms with Gasteiger partial charge in [-0.3, -0.25) is 9.36 Å². The van der Waals surface area contributed by atoms with Gasteiger partial charge in [0.2, 0.25) is 0 Å². The third-order valence-corrected chi connectivity index (χ3v) is 5.55. The molecule has 1 fully saturated rings. The first-order chi connectivity index (χ1) is 14.7. The number of benzene rings is 2. The lowest BCUT2D eigenvalue weighted by Crippen LogP contribution is -2.33. The predicted octanol–water partition coefficient (Wildman–Crippen LogP) is 3.66. The number of aromatic nitrogens is 3. The molecule has 0 saturated carbocycles. The van der Waals surface area contributed by atoms with Crippen molar-refractivity contribution in [3.05, 3.63) is 64.5 Å². The van der Waals surface area contributed by atoms with Crippen LogP contribution in [0, 0.1) is 5.82 Å². The van der Waals surface area contributed by atoms with Crippen LogP contribution < -0.4 is 10.5 Å². The Morgan fingerprint density at radius 1 is 1.20 bits per heavy atom. The van der Waals surface area contributed by atoms with E-state index in [2.05, 4.69) is 4.98 Å². The normalized spacial score (nSPS) is 16.7. The van der Waals surface area contributed by atoms with Crippen LogP contribution in [0.5, 0.6) is 0 Å². The molecule has 1 saturated heterocycles. The summed E-state index contributed by atoms with van der Waals surface area (Å²) < 4.78 is 26.3. The van der Waals surface area contributed by atoms with E-state index < -0.39 is 0 Å². The van der Waals surface area contributed by atoms with Crippen LogP contribution >= 0.6 is 0 Å². The van der Waals surface area contributed by atoms with Crippen LogP contribution in [0.3, 0.4) is 0 Å². The van der Waals surface area contributed by atoms with Crippen LogP contribution in [0.15, 0.2) is 51.7 Å². The van der Waals surface area contributed by atoms with Gasteiger partial charge in [-0.2, -0.15) is 4.98 Å². The number of anilines is 1. The highest BCUT2D eigenvalue weighted by Crippen LogP contribution is 2.36. The summed E-state index contributed by atoms with van der Waals surface area (Å²) in [5.74, 6) is 0.300. The molecule has 30 heavy (non-hydrogen) atoms. The van der Waals surface area contributed by atoms with Crippen molar-refractivity contribution in [2.75, 3.05) is 25.2 Å². The lowest BCUT2D eigenvalue weighted by Gasteiger charge is -2.25. The van der Waals surface area contributed by atoms with Crippen LogP contribution in [-0.2, 0) is 11.3 Å². The van der Waals surface area contributed by atoms with Crippen molar-refractivity contribution < 1.29 is 13.5 Å². The standard InChI is InChI=1S/C22H21FN4O3/c1-29-12-11-27-20(24-16-6-3-2-5-15(16)21(27)28)18-7-4-10-26(18)22-25-17-9-8-14(23)13-19(17)30-22/h2-3,5-6,8-9,13,18H,4,7,10-12H2,1H3. The summed E-state index contributed by atoms with van der Waals surface area (Å²) in [5, 5.41) is 0.583. The molecule has 0 radical (unpaired) electrons. The van der Waals surface area contributed by atoms with E-state index in [1.165, 1.54) is 12.1 Å². The molecule has 7 nitrogen and oxygen atoms in total. The maximum atomic E-state index is 13.6. The van der Waals surface area contributed by atoms with Gasteiger partial charge in [-0.15, -0.1) is 0 Å². The quantitative estimate of drug-likeness (QED) is 0.502. The van der Waals surface area contributed by atoms with Gasteiger partial charge in [0.15, 0.2) is 5.58 Å². The third-order valence-electron chi connectivity index (χ3n) is 5.55. The number of para-hydroxylation sites is 1. The third kappa shape index (κ3) is 3.13. The summed E-state index contributed by atoms with van der Waals surface area (Å²) in [7, 11) is 1.61. The molecule has 8 heteroatoms. The number of fused-ring (bicyclic) bond motifs is 2. The van der Waals surface area contributed by atoms with Gasteiger partial charge >= 0.3 is 0 Å². The van der Waals surface area contributed by atoms with Crippen LogP contribution in [0.2, 0.25) is 0 Å². The van der Waals surface area contributed by atoms with Crippen molar-refractivity contribution in [1.82, 2.24) is 14.5 Å². The van der Waals surface area contributed by atoms with Crippen molar-refractivity contribution in [2.45, 2.75) is 25.4 Å². The second-order valence-electron chi connectivity index (χ2n) is 7.40. The Balaban J connectivity index is 1.63. The van der Waals surface area contributed by atoms with Gasteiger partial charge in [-0.25, -0.2) is 9.37 Å². The molecule has 4 aromatic rings. The first kappa shape index (κ1) is 18.7. The Bertz CT molecular complexity index is 1280. The molecule has 2 aromatic carbocycles. The van der Waals surface area contributed by atoms with Crippen molar-refractivity contribution in [1.29, 1.82) is 0 Å². The Labute approximate surface area is 171 Å². The fourth-order valence-corrected chi connectivity index (χ4v) is 4.11. The van der Waals surface area contributed by atoms with E-state index in [0.29, 0.717) is 53.5 Å². The van der Waals surface area contributed by atoms with Crippen molar-refractivity contribution in [3.8, 4) is 0 Å². The van der Waals surface area contributed by atoms with Crippen LogP contribution in [0.1, 0.15) is 24.7 Å². The second kappa shape index (κ2) is 7.53. The van der Waals surface area contributed by atoms with Gasteiger partial charge in [-0.05, 0) is 37.1 Å². The molecule has 1 aliphatic heterocycles. The maximum Gasteiger partial charge on any atom is 0.299 e. The highest BCUT2D eigenvalue weighted by molar-refractivity contribution is 5.77. The number of ether oxygens (including phenoxy) is 1. The maximum absolute atomic E-state index is 13.6. The molecule has 0 bridgehead atoms. The van der Waals surface area contributed by atoms with Crippen molar-refractivity contribution >= 4 is 28.0 Å². The Kier molecular flexibility index (Phi) is 4.71. The summed E-state index contributed by atoms with van der Waals surface area (Å²) in [6.45, 7) is 1.53. The predicted molar refractivity (Wildman–Crippen MR) is 111 cm³/mol. The molecule has 5 rings (SSSR count). The Morgan fingerprint density at radius 3 is 2.93 bits per heavy atom. The van der Waals surface area contributed by atoms with Crippen molar-refractivity contribution in [3.63, 3.8) is 0 Å². The second-order valence-corrected chi connectivity index (χ2v) is 7.40. The molecule has 0 aliphatic carbocycles. The van der Waals surface area contributed by atoms with Gasteiger partial charge < -0.3 is 14.1 Å². The highest BCUT2D eigenvalue weighted by atomic mass is 19.1. The van der Waals surface area contributed by atoms with E-state index >= 15 is 0 Å². The number of oxazole rings is 1. The summed E-state index contributed by atoms with van der Waals surface area (Å²) in [6.07, 6.45) is 1.72. The fourth-order valence-electron chi connectivity index (χ4n) is 4.11. The fraction of sp³-hybridized carbons (Fsp3) is 0.318.